The van der Waals surface area contributed by atoms with E-state index in [0.29, 0.717) is 13.1 Å². The van der Waals surface area contributed by atoms with Gasteiger partial charge >= 0.3 is 6.18 Å². The molecule has 1 saturated carbocycles. The van der Waals surface area contributed by atoms with E-state index in [9.17, 15) is 22.8 Å². The molecular formula is C36H53F4N7O3. The maximum absolute atomic E-state index is 15.3. The molecule has 0 radical (unpaired) electrons. The van der Waals surface area contributed by atoms with Crippen LogP contribution in [0.15, 0.2) is 18.3 Å². The number of hydrogen-bond acceptors (Lipinski definition) is 8. The van der Waals surface area contributed by atoms with Crippen LogP contribution in [0, 0.1) is 23.6 Å². The van der Waals surface area contributed by atoms with Crippen LogP contribution in [-0.2, 0) is 17.4 Å². The van der Waals surface area contributed by atoms with Crippen molar-refractivity contribution in [1.29, 1.82) is 0 Å². The number of likely N-dealkylation sites (tertiary alicyclic amines) is 1. The summed E-state index contributed by atoms with van der Waals surface area (Å²) >= 11 is 0. The molecule has 1 saturated heterocycles. The number of nitrogens with zero attached hydrogens (tertiary/aromatic N) is 4. The summed E-state index contributed by atoms with van der Waals surface area (Å²) in [5.41, 5.74) is -1.22. The first-order valence-corrected chi connectivity index (χ1v) is 17.8. The van der Waals surface area contributed by atoms with E-state index in [1.807, 2.05) is 27.8 Å². The van der Waals surface area contributed by atoms with Crippen LogP contribution in [0.1, 0.15) is 87.8 Å². The molecule has 50 heavy (non-hydrogen) atoms. The average molecular weight is 708 g/mol. The number of nitrogens with one attached hydrogen (secondary N) is 3. The molecule has 2 aliphatic rings. The SMILES string of the molecule is CCN(CC)C(=O)CNC1CCCCC1C(C)C(C)Cc1nc(Nc2cc(F)c(C(=O)NC3CCN(C)CC3)cc2OC)ncc1C(F)(F)F. The molecule has 2 amide bonds. The normalized spacial score (nSPS) is 20.2. The molecular weight excluding hydrogens is 654 g/mol. The summed E-state index contributed by atoms with van der Waals surface area (Å²) in [4.78, 5) is 37.8. The van der Waals surface area contributed by atoms with E-state index in [-0.39, 0.29) is 77.4 Å². The molecule has 4 unspecified atom stereocenters. The number of anilines is 2. The second kappa shape index (κ2) is 17.6. The number of benzene rings is 1. The molecule has 2 heterocycles. The fourth-order valence-corrected chi connectivity index (χ4v) is 7.26. The Morgan fingerprint density at radius 2 is 1.76 bits per heavy atom. The molecule has 3 N–H and O–H groups in total. The summed E-state index contributed by atoms with van der Waals surface area (Å²) < 4.78 is 63.3. The van der Waals surface area contributed by atoms with Gasteiger partial charge in [0, 0.05) is 37.4 Å². The molecule has 1 aliphatic carbocycles. The lowest BCUT2D eigenvalue weighted by Crippen LogP contribution is -2.47. The molecule has 0 bridgehead atoms. The number of carbonyl (C=O) groups excluding carboxylic acids is 2. The maximum Gasteiger partial charge on any atom is 0.419 e. The van der Waals surface area contributed by atoms with Crippen molar-refractivity contribution in [2.75, 3.05) is 52.2 Å². The van der Waals surface area contributed by atoms with Crippen LogP contribution >= 0.6 is 0 Å². The third-order valence-corrected chi connectivity index (χ3v) is 10.5. The van der Waals surface area contributed by atoms with Crippen LogP contribution in [0.5, 0.6) is 5.75 Å². The fraction of sp³-hybridized carbons (Fsp3) is 0.667. The van der Waals surface area contributed by atoms with Gasteiger partial charge in [0.05, 0.1) is 36.2 Å². The molecule has 14 heteroatoms. The summed E-state index contributed by atoms with van der Waals surface area (Å²) in [7, 11) is 3.36. The Morgan fingerprint density at radius 1 is 1.08 bits per heavy atom. The molecule has 278 valence electrons. The minimum absolute atomic E-state index is 0.0335. The van der Waals surface area contributed by atoms with E-state index in [1.165, 1.54) is 13.2 Å². The van der Waals surface area contributed by atoms with Gasteiger partial charge in [-0.15, -0.1) is 0 Å². The Kier molecular flexibility index (Phi) is 13.8. The molecule has 2 aromatic rings. The average Bonchev–Trinajstić information content (AvgIpc) is 3.08. The molecule has 4 atom stereocenters. The molecule has 4 rings (SSSR count). The highest BCUT2D eigenvalue weighted by molar-refractivity contribution is 5.96. The second-order valence-corrected chi connectivity index (χ2v) is 13.8. The Bertz CT molecular complexity index is 1450. The van der Waals surface area contributed by atoms with Crippen molar-refractivity contribution in [3.63, 3.8) is 0 Å². The van der Waals surface area contributed by atoms with Gasteiger partial charge < -0.3 is 30.5 Å². The predicted molar refractivity (Wildman–Crippen MR) is 185 cm³/mol. The summed E-state index contributed by atoms with van der Waals surface area (Å²) in [5.74, 6) is -1.35. The van der Waals surface area contributed by atoms with Crippen molar-refractivity contribution in [3.05, 3.63) is 41.0 Å². The van der Waals surface area contributed by atoms with Gasteiger partial charge in [0.15, 0.2) is 0 Å². The van der Waals surface area contributed by atoms with Crippen LogP contribution in [0.4, 0.5) is 29.2 Å². The van der Waals surface area contributed by atoms with Gasteiger partial charge in [-0.25, -0.2) is 14.4 Å². The lowest BCUT2D eigenvalue weighted by Gasteiger charge is -2.39. The van der Waals surface area contributed by atoms with Crippen LogP contribution in [0.25, 0.3) is 0 Å². The number of likely N-dealkylation sites (N-methyl/N-ethyl adjacent to an activating group) is 1. The number of hydrogen-bond donors (Lipinski definition) is 3. The van der Waals surface area contributed by atoms with Gasteiger partial charge in [-0.3, -0.25) is 9.59 Å². The van der Waals surface area contributed by atoms with Crippen LogP contribution in [0.3, 0.4) is 0 Å². The highest BCUT2D eigenvalue weighted by Crippen LogP contribution is 2.38. The maximum atomic E-state index is 15.3. The number of halogens is 4. The molecule has 1 aromatic heterocycles. The van der Waals surface area contributed by atoms with E-state index >= 15 is 4.39 Å². The zero-order valence-electron chi connectivity index (χ0n) is 30.1. The smallest absolute Gasteiger partial charge is 0.419 e. The van der Waals surface area contributed by atoms with Crippen molar-refractivity contribution in [2.24, 2.45) is 17.8 Å². The largest absolute Gasteiger partial charge is 0.495 e. The third kappa shape index (κ3) is 10.0. The number of rotatable bonds is 14. The van der Waals surface area contributed by atoms with E-state index in [4.69, 9.17) is 4.74 Å². The number of alkyl halides is 3. The van der Waals surface area contributed by atoms with Crippen molar-refractivity contribution in [2.45, 2.75) is 90.9 Å². The number of piperidine rings is 1. The monoisotopic (exact) mass is 707 g/mol. The van der Waals surface area contributed by atoms with Gasteiger partial charge in [-0.05, 0) is 89.9 Å². The zero-order chi connectivity index (χ0) is 36.6. The van der Waals surface area contributed by atoms with E-state index in [1.54, 1.807) is 4.90 Å². The topological polar surface area (TPSA) is 112 Å². The standard InChI is InChI=1S/C36H53F4N7O3/c1-7-47(8-2)33(48)21-41-29-12-10-9-11-25(29)23(4)22(3)17-30-27(36(38,39)40)20-42-35(44-30)45-31-19-28(37)26(18-32(31)50-6)34(49)43-24-13-15-46(5)16-14-24/h18-20,22-25,29,41H,7-17,21H2,1-6H3,(H,43,49)(H,42,44,45). The van der Waals surface area contributed by atoms with Gasteiger partial charge in [0.25, 0.3) is 5.91 Å². The molecule has 2 fully saturated rings. The van der Waals surface area contributed by atoms with Crippen LogP contribution in [-0.4, -0.2) is 90.5 Å². The Labute approximate surface area is 293 Å². The highest BCUT2D eigenvalue weighted by Gasteiger charge is 2.38. The first-order valence-electron chi connectivity index (χ1n) is 17.8. The molecule has 0 spiro atoms. The summed E-state index contributed by atoms with van der Waals surface area (Å²) in [6, 6.07) is 2.34. The Balaban J connectivity index is 1.51. The van der Waals surface area contributed by atoms with Crippen molar-refractivity contribution >= 4 is 23.5 Å². The minimum atomic E-state index is -4.68. The third-order valence-electron chi connectivity index (χ3n) is 10.5. The number of ether oxygens (including phenoxy) is 1. The van der Waals surface area contributed by atoms with Gasteiger partial charge in [0.1, 0.15) is 11.6 Å². The number of carbonyl (C=O) groups is 2. The van der Waals surface area contributed by atoms with Gasteiger partial charge in [-0.2, -0.15) is 13.2 Å². The van der Waals surface area contributed by atoms with Gasteiger partial charge in [0.2, 0.25) is 11.9 Å². The molecule has 1 aliphatic heterocycles. The quantitative estimate of drug-likeness (QED) is 0.204. The van der Waals surface area contributed by atoms with Crippen LogP contribution < -0.4 is 20.7 Å². The van der Waals surface area contributed by atoms with E-state index in [0.717, 1.165) is 63.9 Å². The number of methoxy groups -OCH3 is 1. The minimum Gasteiger partial charge on any atom is -0.495 e. The number of aromatic nitrogens is 2. The Hall–Kier alpha value is -3.52. The van der Waals surface area contributed by atoms with Gasteiger partial charge in [-0.1, -0.05) is 26.7 Å². The zero-order valence-corrected chi connectivity index (χ0v) is 30.1. The van der Waals surface area contributed by atoms with Crippen molar-refractivity contribution < 1.29 is 31.9 Å². The second-order valence-electron chi connectivity index (χ2n) is 13.8. The fourth-order valence-electron chi connectivity index (χ4n) is 7.26. The summed E-state index contributed by atoms with van der Waals surface area (Å²) in [6.45, 7) is 11.0. The summed E-state index contributed by atoms with van der Waals surface area (Å²) in [6.07, 6.45) is 1.49. The summed E-state index contributed by atoms with van der Waals surface area (Å²) in [5, 5.41) is 9.17. The lowest BCUT2D eigenvalue weighted by atomic mass is 9.71. The first-order chi connectivity index (χ1) is 23.7. The lowest BCUT2D eigenvalue weighted by molar-refractivity contribution is -0.138. The van der Waals surface area contributed by atoms with E-state index in [2.05, 4.69) is 37.7 Å². The molecule has 10 nitrogen and oxygen atoms in total. The Morgan fingerprint density at radius 3 is 2.40 bits per heavy atom. The predicted octanol–water partition coefficient (Wildman–Crippen LogP) is 6.04. The highest BCUT2D eigenvalue weighted by atomic mass is 19.4. The van der Waals surface area contributed by atoms with Crippen molar-refractivity contribution in [3.8, 4) is 5.75 Å². The van der Waals surface area contributed by atoms with E-state index < -0.39 is 23.5 Å². The number of amides is 2. The van der Waals surface area contributed by atoms with Crippen LogP contribution in [0.2, 0.25) is 0 Å². The van der Waals surface area contributed by atoms with Crippen molar-refractivity contribution in [1.82, 2.24) is 30.4 Å². The molecule has 1 aromatic carbocycles. The first kappa shape index (κ1) is 39.3.